The van der Waals surface area contributed by atoms with Gasteiger partial charge in [0.25, 0.3) is 0 Å². The van der Waals surface area contributed by atoms with Crippen LogP contribution in [0.2, 0.25) is 0 Å². The molecular weight excluding hydrogens is 1030 g/mol. The van der Waals surface area contributed by atoms with Gasteiger partial charge in [-0.3, -0.25) is 13.8 Å². The molecule has 0 heterocycles. The molecule has 3 N–H and O–H groups in total. The van der Waals surface area contributed by atoms with Crippen LogP contribution in [-0.2, 0) is 18.4 Å². The van der Waals surface area contributed by atoms with Crippen LogP contribution in [0.15, 0.2) is 85.1 Å². The summed E-state index contributed by atoms with van der Waals surface area (Å²) in [6, 6.07) is -0.856. The molecule has 8 nitrogen and oxygen atoms in total. The number of quaternary nitrogens is 1. The van der Waals surface area contributed by atoms with Crippen LogP contribution in [-0.4, -0.2) is 73.4 Å². The van der Waals surface area contributed by atoms with Gasteiger partial charge in [0.15, 0.2) is 0 Å². The van der Waals surface area contributed by atoms with E-state index in [1.165, 1.54) is 218 Å². The second-order valence-electron chi connectivity index (χ2n) is 24.9. The Bertz CT molecular complexity index is 1610. The molecule has 9 heteroatoms. The Balaban J connectivity index is 4.10. The van der Waals surface area contributed by atoms with Crippen LogP contribution in [0.3, 0.4) is 0 Å². The van der Waals surface area contributed by atoms with E-state index in [-0.39, 0.29) is 19.1 Å². The Morgan fingerprint density at radius 1 is 0.427 bits per heavy atom. The molecule has 0 radical (unpaired) electrons. The number of aliphatic hydroxyl groups excluding tert-OH is 1. The lowest BCUT2D eigenvalue weighted by Crippen LogP contribution is -2.45. The molecule has 0 bridgehead atoms. The standard InChI is InChI=1S/C73H135N2O6P/c1-6-8-10-12-14-16-18-20-22-24-26-28-30-32-34-36-37-39-40-42-44-46-48-50-52-54-56-58-60-62-64-66-72(76)71(70-81-82(78,79)80-69-68-75(3,4)5)74-73(77)67-65-63-61-59-57-55-53-51-49-47-45-43-41-38-35-33-31-29-27-25-23-21-19-17-15-13-11-9-7-2/h9,11,15,17,21,23,27,29,33,35,41,43,64,66,71-72,76H,6-8,10,12-14,16,18-20,22,24-26,28,30-32,34,36-40,42,44-63,65,67-70H2,1-5H3,(H-,74,77,78,79)/p+1/b11-9-,17-15-,23-21-,29-27-,35-33-,43-41-,66-64+. The van der Waals surface area contributed by atoms with Gasteiger partial charge in [-0.25, -0.2) is 4.57 Å². The van der Waals surface area contributed by atoms with Gasteiger partial charge in [-0.05, 0) is 70.6 Å². The number of phosphoric acid groups is 1. The largest absolute Gasteiger partial charge is 0.472 e. The number of likely N-dealkylation sites (N-methyl/N-ethyl adjacent to an activating group) is 1. The first-order valence-corrected chi connectivity index (χ1v) is 36.5. The molecule has 0 saturated heterocycles. The van der Waals surface area contributed by atoms with Crippen molar-refractivity contribution in [1.82, 2.24) is 5.32 Å². The molecule has 3 atom stereocenters. The summed E-state index contributed by atoms with van der Waals surface area (Å²) in [4.78, 5) is 23.4. The molecule has 0 aliphatic carbocycles. The van der Waals surface area contributed by atoms with Gasteiger partial charge in [0, 0.05) is 6.42 Å². The van der Waals surface area contributed by atoms with Gasteiger partial charge in [-0.2, -0.15) is 0 Å². The topological polar surface area (TPSA) is 105 Å². The highest BCUT2D eigenvalue weighted by Gasteiger charge is 2.28. The minimum absolute atomic E-state index is 0.0577. The molecule has 478 valence electrons. The van der Waals surface area contributed by atoms with Crippen LogP contribution in [0.25, 0.3) is 0 Å². The minimum atomic E-state index is -4.36. The second-order valence-corrected chi connectivity index (χ2v) is 26.3. The van der Waals surface area contributed by atoms with Crippen molar-refractivity contribution in [2.75, 3.05) is 40.9 Å². The van der Waals surface area contributed by atoms with Crippen molar-refractivity contribution in [1.29, 1.82) is 0 Å². The van der Waals surface area contributed by atoms with E-state index in [2.05, 4.69) is 92.1 Å². The lowest BCUT2D eigenvalue weighted by Gasteiger charge is -2.25. The van der Waals surface area contributed by atoms with Crippen LogP contribution >= 0.6 is 7.82 Å². The van der Waals surface area contributed by atoms with Gasteiger partial charge in [-0.15, -0.1) is 0 Å². The van der Waals surface area contributed by atoms with E-state index >= 15 is 0 Å². The lowest BCUT2D eigenvalue weighted by molar-refractivity contribution is -0.870. The van der Waals surface area contributed by atoms with Crippen molar-refractivity contribution >= 4 is 13.7 Å². The Morgan fingerprint density at radius 2 is 0.732 bits per heavy atom. The third-order valence-corrected chi connectivity index (χ3v) is 16.6. The summed E-state index contributed by atoms with van der Waals surface area (Å²) in [5.41, 5.74) is 0. The number of aliphatic hydroxyl groups is 1. The number of hydrogen-bond donors (Lipinski definition) is 3. The van der Waals surface area contributed by atoms with E-state index in [1.807, 2.05) is 27.2 Å². The molecule has 0 aliphatic rings. The number of nitrogens with one attached hydrogen (secondary N) is 1. The Morgan fingerprint density at radius 3 is 1.07 bits per heavy atom. The third-order valence-electron chi connectivity index (χ3n) is 15.6. The summed E-state index contributed by atoms with van der Waals surface area (Å²) in [5.74, 6) is -0.181. The summed E-state index contributed by atoms with van der Waals surface area (Å²) in [5, 5.41) is 14.0. The van der Waals surface area contributed by atoms with Crippen LogP contribution in [0.5, 0.6) is 0 Å². The van der Waals surface area contributed by atoms with E-state index < -0.39 is 20.0 Å². The van der Waals surface area contributed by atoms with E-state index in [0.29, 0.717) is 17.4 Å². The first-order chi connectivity index (χ1) is 40.0. The first kappa shape index (κ1) is 79.7. The molecule has 0 aromatic carbocycles. The number of phosphoric ester groups is 1. The number of unbranched alkanes of at least 4 members (excludes halogenated alkanes) is 39. The quantitative estimate of drug-likeness (QED) is 0.0243. The fourth-order valence-electron chi connectivity index (χ4n) is 10.2. The molecule has 3 unspecified atom stereocenters. The number of carbonyl (C=O) groups is 1. The van der Waals surface area contributed by atoms with E-state index in [1.54, 1.807) is 6.08 Å². The molecule has 0 saturated carbocycles. The molecule has 0 aliphatic heterocycles. The lowest BCUT2D eigenvalue weighted by atomic mass is 10.0. The third kappa shape index (κ3) is 65.2. The number of nitrogens with zero attached hydrogens (tertiary/aromatic N) is 1. The fraction of sp³-hybridized carbons (Fsp3) is 0.795. The first-order valence-electron chi connectivity index (χ1n) is 35.0. The van der Waals surface area contributed by atoms with Gasteiger partial charge in [0.1, 0.15) is 13.2 Å². The van der Waals surface area contributed by atoms with Crippen molar-refractivity contribution < 1.29 is 32.9 Å². The minimum Gasteiger partial charge on any atom is -0.387 e. The van der Waals surface area contributed by atoms with Crippen molar-refractivity contribution in [3.05, 3.63) is 85.1 Å². The van der Waals surface area contributed by atoms with Gasteiger partial charge in [-0.1, -0.05) is 330 Å². The highest BCUT2D eigenvalue weighted by molar-refractivity contribution is 7.47. The van der Waals surface area contributed by atoms with E-state index in [4.69, 9.17) is 9.05 Å². The van der Waals surface area contributed by atoms with Crippen LogP contribution < -0.4 is 5.32 Å². The molecule has 0 rings (SSSR count). The Labute approximate surface area is 509 Å². The number of allylic oxidation sites excluding steroid dienone is 13. The summed E-state index contributed by atoms with van der Waals surface area (Å²) >= 11 is 0. The zero-order valence-electron chi connectivity index (χ0n) is 54.7. The maximum Gasteiger partial charge on any atom is 0.472 e. The summed E-state index contributed by atoms with van der Waals surface area (Å²) < 4.78 is 23.8. The van der Waals surface area contributed by atoms with Crippen molar-refractivity contribution in [2.24, 2.45) is 0 Å². The number of amides is 1. The molecular formula is C73H136N2O6P+. The highest BCUT2D eigenvalue weighted by atomic mass is 31.2. The number of carbonyl (C=O) groups excluding carboxylic acids is 1. The number of hydrogen-bond acceptors (Lipinski definition) is 5. The van der Waals surface area contributed by atoms with Crippen LogP contribution in [0.1, 0.15) is 322 Å². The Hall–Kier alpha value is -2.32. The van der Waals surface area contributed by atoms with Gasteiger partial charge >= 0.3 is 7.82 Å². The smallest absolute Gasteiger partial charge is 0.387 e. The van der Waals surface area contributed by atoms with Gasteiger partial charge < -0.3 is 19.8 Å². The highest BCUT2D eigenvalue weighted by Crippen LogP contribution is 2.43. The zero-order valence-corrected chi connectivity index (χ0v) is 55.6. The maximum atomic E-state index is 13.1. The normalized spacial score (nSPS) is 14.2. The predicted molar refractivity (Wildman–Crippen MR) is 360 cm³/mol. The Kier molecular flexibility index (Phi) is 61.4. The van der Waals surface area contributed by atoms with Crippen LogP contribution in [0, 0.1) is 0 Å². The number of rotatable bonds is 64. The predicted octanol–water partition coefficient (Wildman–Crippen LogP) is 22.3. The molecule has 0 aromatic heterocycles. The maximum absolute atomic E-state index is 13.1. The van der Waals surface area contributed by atoms with E-state index in [0.717, 1.165) is 83.5 Å². The molecule has 0 spiro atoms. The zero-order chi connectivity index (χ0) is 59.8. The summed E-state index contributed by atoms with van der Waals surface area (Å²) in [6.45, 7) is 4.73. The fourth-order valence-corrected chi connectivity index (χ4v) is 11.0. The van der Waals surface area contributed by atoms with Crippen molar-refractivity contribution in [3.63, 3.8) is 0 Å². The SMILES string of the molecule is CC/C=C\C/C=C\C/C=C\C/C=C\C/C=C\C/C=C\CCCCCCCCCCCCC(=O)NC(COP(=O)(O)OCC[N+](C)(C)C)C(O)/C=C/CCCCCCCCCCCCCCCCCCCCCCCCCCCCCCC. The molecule has 1 amide bonds. The van der Waals surface area contributed by atoms with Crippen molar-refractivity contribution in [2.45, 2.75) is 334 Å². The molecule has 0 aromatic rings. The van der Waals surface area contributed by atoms with Gasteiger partial charge in [0.05, 0.1) is 39.9 Å². The van der Waals surface area contributed by atoms with Crippen molar-refractivity contribution in [3.8, 4) is 0 Å². The molecule has 82 heavy (non-hydrogen) atoms. The summed E-state index contributed by atoms with van der Waals surface area (Å²) in [7, 11) is 1.57. The van der Waals surface area contributed by atoms with E-state index in [9.17, 15) is 19.4 Å². The van der Waals surface area contributed by atoms with Gasteiger partial charge in [0.2, 0.25) is 5.91 Å². The average molecular weight is 1170 g/mol. The second kappa shape index (κ2) is 63.2. The summed E-state index contributed by atoms with van der Waals surface area (Å²) in [6.07, 6.45) is 90.1. The molecule has 0 fully saturated rings. The van der Waals surface area contributed by atoms with Crippen LogP contribution in [0.4, 0.5) is 0 Å². The monoisotopic (exact) mass is 1170 g/mol. The average Bonchev–Trinajstić information content (AvgIpc) is 3.47.